The summed E-state index contributed by atoms with van der Waals surface area (Å²) in [5.74, 6) is 0.850. The van der Waals surface area contributed by atoms with Crippen LogP contribution in [-0.4, -0.2) is 15.5 Å². The SMILES string of the molecule is Cc1nccn1Cc1ccc(C(=O)Nc2ccccc2Br)cc1. The van der Waals surface area contributed by atoms with E-state index < -0.39 is 0 Å². The second kappa shape index (κ2) is 6.79. The van der Waals surface area contributed by atoms with Crippen molar-refractivity contribution in [1.82, 2.24) is 9.55 Å². The van der Waals surface area contributed by atoms with Crippen LogP contribution in [0.2, 0.25) is 0 Å². The highest BCUT2D eigenvalue weighted by molar-refractivity contribution is 9.10. The van der Waals surface area contributed by atoms with Crippen LogP contribution < -0.4 is 5.32 Å². The van der Waals surface area contributed by atoms with Crippen LogP contribution in [0.15, 0.2) is 65.4 Å². The number of amides is 1. The normalized spacial score (nSPS) is 10.5. The second-order valence-electron chi connectivity index (χ2n) is 5.23. The van der Waals surface area contributed by atoms with Gasteiger partial charge in [-0.05, 0) is 52.7 Å². The lowest BCUT2D eigenvalue weighted by atomic mass is 10.1. The average Bonchev–Trinajstić information content (AvgIpc) is 2.95. The quantitative estimate of drug-likeness (QED) is 0.746. The van der Waals surface area contributed by atoms with Crippen LogP contribution in [0.1, 0.15) is 21.7 Å². The van der Waals surface area contributed by atoms with Crippen molar-refractivity contribution in [2.45, 2.75) is 13.5 Å². The first-order valence-corrected chi connectivity index (χ1v) is 8.05. The van der Waals surface area contributed by atoms with Crippen LogP contribution in [0.4, 0.5) is 5.69 Å². The van der Waals surface area contributed by atoms with Crippen molar-refractivity contribution in [2.75, 3.05) is 5.32 Å². The largest absolute Gasteiger partial charge is 0.331 e. The highest BCUT2D eigenvalue weighted by atomic mass is 79.9. The predicted octanol–water partition coefficient (Wildman–Crippen LogP) is 4.25. The van der Waals surface area contributed by atoms with Crippen LogP contribution >= 0.6 is 15.9 Å². The third kappa shape index (κ3) is 3.68. The van der Waals surface area contributed by atoms with Gasteiger partial charge in [-0.2, -0.15) is 0 Å². The smallest absolute Gasteiger partial charge is 0.255 e. The third-order valence-electron chi connectivity index (χ3n) is 3.61. The molecule has 0 bridgehead atoms. The standard InChI is InChI=1S/C18H16BrN3O/c1-13-20-10-11-22(13)12-14-6-8-15(9-7-14)18(23)21-17-5-3-2-4-16(17)19/h2-11H,12H2,1H3,(H,21,23). The Balaban J connectivity index is 1.70. The summed E-state index contributed by atoms with van der Waals surface area (Å²) in [5, 5.41) is 2.90. The van der Waals surface area contributed by atoms with E-state index in [1.807, 2.05) is 61.7 Å². The summed E-state index contributed by atoms with van der Waals surface area (Å²) in [6.45, 7) is 2.72. The lowest BCUT2D eigenvalue weighted by Gasteiger charge is -2.09. The number of hydrogen-bond donors (Lipinski definition) is 1. The molecule has 3 aromatic rings. The fraction of sp³-hybridized carbons (Fsp3) is 0.111. The van der Waals surface area contributed by atoms with E-state index in [1.54, 1.807) is 6.20 Å². The monoisotopic (exact) mass is 369 g/mol. The summed E-state index contributed by atoms with van der Waals surface area (Å²) in [6, 6.07) is 15.2. The van der Waals surface area contributed by atoms with Gasteiger partial charge in [0.2, 0.25) is 0 Å². The maximum Gasteiger partial charge on any atom is 0.255 e. The third-order valence-corrected chi connectivity index (χ3v) is 4.31. The zero-order chi connectivity index (χ0) is 16.2. The number of halogens is 1. The zero-order valence-electron chi connectivity index (χ0n) is 12.7. The van der Waals surface area contributed by atoms with Crippen LogP contribution in [0.5, 0.6) is 0 Å². The molecule has 0 aliphatic heterocycles. The lowest BCUT2D eigenvalue weighted by molar-refractivity contribution is 0.102. The van der Waals surface area contributed by atoms with Crippen molar-refractivity contribution in [3.05, 3.63) is 82.3 Å². The van der Waals surface area contributed by atoms with Gasteiger partial charge in [0.15, 0.2) is 0 Å². The zero-order valence-corrected chi connectivity index (χ0v) is 14.2. The van der Waals surface area contributed by atoms with Gasteiger partial charge in [-0.1, -0.05) is 24.3 Å². The van der Waals surface area contributed by atoms with Crippen LogP contribution in [-0.2, 0) is 6.54 Å². The van der Waals surface area contributed by atoms with E-state index in [-0.39, 0.29) is 5.91 Å². The minimum Gasteiger partial charge on any atom is -0.331 e. The number of carbonyl (C=O) groups is 1. The molecule has 116 valence electrons. The minimum atomic E-state index is -0.123. The number of aromatic nitrogens is 2. The minimum absolute atomic E-state index is 0.123. The predicted molar refractivity (Wildman–Crippen MR) is 94.6 cm³/mol. The molecule has 0 radical (unpaired) electrons. The molecule has 1 N–H and O–H groups in total. The van der Waals surface area contributed by atoms with E-state index in [0.29, 0.717) is 5.56 Å². The van der Waals surface area contributed by atoms with Crippen molar-refractivity contribution in [3.63, 3.8) is 0 Å². The van der Waals surface area contributed by atoms with Gasteiger partial charge in [0.05, 0.1) is 5.69 Å². The van der Waals surface area contributed by atoms with Crippen LogP contribution in [0.25, 0.3) is 0 Å². The molecule has 1 aromatic heterocycles. The molecule has 2 aromatic carbocycles. The first-order chi connectivity index (χ1) is 11.1. The van der Waals surface area contributed by atoms with Crippen molar-refractivity contribution in [2.24, 2.45) is 0 Å². The van der Waals surface area contributed by atoms with E-state index in [4.69, 9.17) is 0 Å². The summed E-state index contributed by atoms with van der Waals surface area (Å²) in [7, 11) is 0. The Bertz CT molecular complexity index is 824. The first-order valence-electron chi connectivity index (χ1n) is 7.26. The molecule has 0 saturated carbocycles. The Kier molecular flexibility index (Phi) is 4.57. The van der Waals surface area contributed by atoms with Gasteiger partial charge >= 0.3 is 0 Å². The van der Waals surface area contributed by atoms with Gasteiger partial charge < -0.3 is 9.88 Å². The van der Waals surface area contributed by atoms with E-state index in [1.165, 1.54) is 0 Å². The van der Waals surface area contributed by atoms with E-state index >= 15 is 0 Å². The summed E-state index contributed by atoms with van der Waals surface area (Å²) in [5.41, 5.74) is 2.52. The number of imidazole rings is 1. The Labute approximate surface area is 143 Å². The Morgan fingerprint density at radius 2 is 1.91 bits per heavy atom. The molecule has 0 aliphatic rings. The summed E-state index contributed by atoms with van der Waals surface area (Å²) in [6.07, 6.45) is 3.73. The topological polar surface area (TPSA) is 46.9 Å². The van der Waals surface area contributed by atoms with Gasteiger partial charge in [0.1, 0.15) is 5.82 Å². The molecule has 23 heavy (non-hydrogen) atoms. The number of aryl methyl sites for hydroxylation is 1. The summed E-state index contributed by atoms with van der Waals surface area (Å²) < 4.78 is 2.93. The molecule has 1 amide bonds. The number of benzene rings is 2. The lowest BCUT2D eigenvalue weighted by Crippen LogP contribution is -2.12. The highest BCUT2D eigenvalue weighted by Crippen LogP contribution is 2.22. The number of anilines is 1. The summed E-state index contributed by atoms with van der Waals surface area (Å²) in [4.78, 5) is 16.5. The molecule has 1 heterocycles. The maximum atomic E-state index is 12.3. The Hall–Kier alpha value is -2.40. The van der Waals surface area contributed by atoms with Crippen molar-refractivity contribution in [1.29, 1.82) is 0 Å². The molecular formula is C18H16BrN3O. The van der Waals surface area contributed by atoms with E-state index in [2.05, 4.69) is 30.8 Å². The van der Waals surface area contributed by atoms with E-state index in [0.717, 1.165) is 28.1 Å². The molecule has 0 saturated heterocycles. The molecule has 5 heteroatoms. The Morgan fingerprint density at radius 3 is 2.57 bits per heavy atom. The maximum absolute atomic E-state index is 12.3. The fourth-order valence-electron chi connectivity index (χ4n) is 2.29. The van der Waals surface area contributed by atoms with Crippen molar-refractivity contribution in [3.8, 4) is 0 Å². The fourth-order valence-corrected chi connectivity index (χ4v) is 2.67. The van der Waals surface area contributed by atoms with Gasteiger partial charge in [-0.3, -0.25) is 4.79 Å². The number of para-hydroxylation sites is 1. The number of nitrogens with one attached hydrogen (secondary N) is 1. The summed E-state index contributed by atoms with van der Waals surface area (Å²) >= 11 is 3.43. The number of carbonyl (C=O) groups excluding carboxylic acids is 1. The number of hydrogen-bond acceptors (Lipinski definition) is 2. The molecule has 0 aliphatic carbocycles. The van der Waals surface area contributed by atoms with Gasteiger partial charge in [-0.15, -0.1) is 0 Å². The second-order valence-corrected chi connectivity index (χ2v) is 6.09. The molecule has 0 atom stereocenters. The van der Waals surface area contributed by atoms with Crippen molar-refractivity contribution >= 4 is 27.5 Å². The van der Waals surface area contributed by atoms with E-state index in [9.17, 15) is 4.79 Å². The average molecular weight is 370 g/mol. The molecule has 3 rings (SSSR count). The van der Waals surface area contributed by atoms with Gasteiger partial charge in [-0.25, -0.2) is 4.98 Å². The molecular weight excluding hydrogens is 354 g/mol. The number of rotatable bonds is 4. The first kappa shape index (κ1) is 15.5. The Morgan fingerprint density at radius 1 is 1.17 bits per heavy atom. The van der Waals surface area contributed by atoms with Gasteiger partial charge in [0.25, 0.3) is 5.91 Å². The number of nitrogens with zero attached hydrogens (tertiary/aromatic N) is 2. The molecule has 4 nitrogen and oxygen atoms in total. The van der Waals surface area contributed by atoms with Crippen LogP contribution in [0.3, 0.4) is 0 Å². The molecule has 0 fully saturated rings. The highest BCUT2D eigenvalue weighted by Gasteiger charge is 2.08. The van der Waals surface area contributed by atoms with Crippen molar-refractivity contribution < 1.29 is 4.79 Å². The molecule has 0 unspecified atom stereocenters. The van der Waals surface area contributed by atoms with Gasteiger partial charge in [0, 0.05) is 29.0 Å². The molecule has 0 spiro atoms. The van der Waals surface area contributed by atoms with Crippen LogP contribution in [0, 0.1) is 6.92 Å².